The second kappa shape index (κ2) is 6.83. The molecule has 2 fully saturated rings. The molecule has 2 aromatic heterocycles. The van der Waals surface area contributed by atoms with Crippen molar-refractivity contribution in [1.82, 2.24) is 19.9 Å². The fourth-order valence-electron chi connectivity index (χ4n) is 3.55. The molecule has 0 unspecified atom stereocenters. The topological polar surface area (TPSA) is 54.4 Å². The molecule has 2 aliphatic heterocycles. The van der Waals surface area contributed by atoms with Crippen molar-refractivity contribution in [2.45, 2.75) is 32.1 Å². The number of hydrogen-bond acceptors (Lipinski definition) is 6. The summed E-state index contributed by atoms with van der Waals surface area (Å²) in [5.74, 6) is 0.847. The molecule has 0 aliphatic carbocycles. The standard InChI is InChI=1S/C18H23N5O/c1-14-8-20-18(21-9-14)23-6-5-22-12-17(7-16(22)11-23)24-13-15-3-2-4-19-10-15/h2-4,8-10,16-17H,5-7,11-13H2,1H3/t16-,17+/m0/s1. The van der Waals surface area contributed by atoms with Gasteiger partial charge in [-0.15, -0.1) is 0 Å². The Balaban J connectivity index is 1.33. The molecular formula is C18H23N5O. The van der Waals surface area contributed by atoms with Crippen LogP contribution in [0.25, 0.3) is 0 Å². The van der Waals surface area contributed by atoms with Crippen LogP contribution >= 0.6 is 0 Å². The average molecular weight is 325 g/mol. The maximum atomic E-state index is 6.11. The fourth-order valence-corrected chi connectivity index (χ4v) is 3.55. The molecule has 4 rings (SSSR count). The number of anilines is 1. The third-order valence-electron chi connectivity index (χ3n) is 4.84. The molecule has 24 heavy (non-hydrogen) atoms. The molecule has 6 heteroatoms. The van der Waals surface area contributed by atoms with Crippen molar-refractivity contribution in [3.63, 3.8) is 0 Å². The number of piperazine rings is 1. The zero-order chi connectivity index (χ0) is 16.4. The number of nitrogens with zero attached hydrogens (tertiary/aromatic N) is 5. The van der Waals surface area contributed by atoms with Gasteiger partial charge in [0.15, 0.2) is 0 Å². The Morgan fingerprint density at radius 1 is 1.17 bits per heavy atom. The summed E-state index contributed by atoms with van der Waals surface area (Å²) >= 11 is 0. The first kappa shape index (κ1) is 15.5. The van der Waals surface area contributed by atoms with Crippen LogP contribution in [0.1, 0.15) is 17.5 Å². The lowest BCUT2D eigenvalue weighted by atomic mass is 10.1. The van der Waals surface area contributed by atoms with Gasteiger partial charge in [-0.3, -0.25) is 9.88 Å². The van der Waals surface area contributed by atoms with E-state index in [1.54, 1.807) is 6.20 Å². The monoisotopic (exact) mass is 325 g/mol. The zero-order valence-corrected chi connectivity index (χ0v) is 14.0. The first-order chi connectivity index (χ1) is 11.8. The van der Waals surface area contributed by atoms with Gasteiger partial charge in [0.1, 0.15) is 0 Å². The molecule has 0 saturated carbocycles. The van der Waals surface area contributed by atoms with Gasteiger partial charge in [0.25, 0.3) is 0 Å². The average Bonchev–Trinajstić information content (AvgIpc) is 3.03. The van der Waals surface area contributed by atoms with Gasteiger partial charge in [-0.05, 0) is 30.5 Å². The number of aromatic nitrogens is 3. The molecule has 4 heterocycles. The first-order valence-corrected chi connectivity index (χ1v) is 8.56. The Hall–Kier alpha value is -2.05. The highest BCUT2D eigenvalue weighted by molar-refractivity contribution is 5.31. The van der Waals surface area contributed by atoms with E-state index in [0.717, 1.165) is 49.7 Å². The van der Waals surface area contributed by atoms with E-state index in [2.05, 4.69) is 30.8 Å². The number of aryl methyl sites for hydroxylation is 1. The van der Waals surface area contributed by atoms with Crippen molar-refractivity contribution in [2.24, 2.45) is 0 Å². The lowest BCUT2D eigenvalue weighted by molar-refractivity contribution is 0.0468. The van der Waals surface area contributed by atoms with Crippen LogP contribution in [0.5, 0.6) is 0 Å². The zero-order valence-electron chi connectivity index (χ0n) is 14.0. The minimum atomic E-state index is 0.300. The lowest BCUT2D eigenvalue weighted by Crippen LogP contribution is -2.50. The number of fused-ring (bicyclic) bond motifs is 1. The van der Waals surface area contributed by atoms with Crippen LogP contribution in [-0.4, -0.2) is 58.2 Å². The van der Waals surface area contributed by atoms with Crippen molar-refractivity contribution in [3.8, 4) is 0 Å². The maximum Gasteiger partial charge on any atom is 0.225 e. The Morgan fingerprint density at radius 2 is 2.04 bits per heavy atom. The van der Waals surface area contributed by atoms with Crippen molar-refractivity contribution in [1.29, 1.82) is 0 Å². The van der Waals surface area contributed by atoms with E-state index in [4.69, 9.17) is 4.74 Å². The maximum absolute atomic E-state index is 6.11. The van der Waals surface area contributed by atoms with Crippen molar-refractivity contribution < 1.29 is 4.74 Å². The van der Waals surface area contributed by atoms with Gasteiger partial charge in [-0.2, -0.15) is 0 Å². The van der Waals surface area contributed by atoms with Gasteiger partial charge in [0.05, 0.1) is 12.7 Å². The minimum absolute atomic E-state index is 0.300. The summed E-state index contributed by atoms with van der Waals surface area (Å²) in [6, 6.07) is 4.55. The molecular weight excluding hydrogens is 302 g/mol. The van der Waals surface area contributed by atoms with E-state index in [-0.39, 0.29) is 0 Å². The van der Waals surface area contributed by atoms with Crippen LogP contribution in [0.2, 0.25) is 0 Å². The molecule has 2 saturated heterocycles. The second-order valence-electron chi connectivity index (χ2n) is 6.69. The molecule has 0 bridgehead atoms. The summed E-state index contributed by atoms with van der Waals surface area (Å²) in [4.78, 5) is 17.9. The summed E-state index contributed by atoms with van der Waals surface area (Å²) < 4.78 is 6.11. The Bertz CT molecular complexity index is 663. The summed E-state index contributed by atoms with van der Waals surface area (Å²) in [6.07, 6.45) is 8.82. The van der Waals surface area contributed by atoms with E-state index in [9.17, 15) is 0 Å². The lowest BCUT2D eigenvalue weighted by Gasteiger charge is -2.37. The SMILES string of the molecule is Cc1cnc(N2CCN3C[C@H](OCc4cccnc4)C[C@H]3C2)nc1. The smallest absolute Gasteiger partial charge is 0.225 e. The molecule has 2 atom stereocenters. The van der Waals surface area contributed by atoms with E-state index >= 15 is 0 Å². The molecule has 2 aliphatic rings. The Morgan fingerprint density at radius 3 is 2.83 bits per heavy atom. The molecule has 0 aromatic carbocycles. The van der Waals surface area contributed by atoms with Crippen LogP contribution < -0.4 is 4.90 Å². The van der Waals surface area contributed by atoms with Gasteiger partial charge >= 0.3 is 0 Å². The van der Waals surface area contributed by atoms with E-state index < -0.39 is 0 Å². The minimum Gasteiger partial charge on any atom is -0.372 e. The molecule has 0 amide bonds. The van der Waals surface area contributed by atoms with Crippen LogP contribution in [0, 0.1) is 6.92 Å². The first-order valence-electron chi connectivity index (χ1n) is 8.56. The number of rotatable bonds is 4. The van der Waals surface area contributed by atoms with Crippen LogP contribution in [0.4, 0.5) is 5.95 Å². The predicted octanol–water partition coefficient (Wildman–Crippen LogP) is 1.66. The normalized spacial score (nSPS) is 24.1. The molecule has 2 aromatic rings. The molecule has 0 spiro atoms. The molecule has 6 nitrogen and oxygen atoms in total. The molecule has 0 radical (unpaired) electrons. The Kier molecular flexibility index (Phi) is 4.40. The molecule has 126 valence electrons. The Labute approximate surface area is 142 Å². The quantitative estimate of drug-likeness (QED) is 0.852. The van der Waals surface area contributed by atoms with Gasteiger partial charge in [-0.25, -0.2) is 9.97 Å². The third kappa shape index (κ3) is 3.39. The highest BCUT2D eigenvalue weighted by Gasteiger charge is 2.37. The number of pyridine rings is 1. The third-order valence-corrected chi connectivity index (χ3v) is 4.84. The summed E-state index contributed by atoms with van der Waals surface area (Å²) in [5.41, 5.74) is 2.24. The van der Waals surface area contributed by atoms with Gasteiger partial charge < -0.3 is 9.64 Å². The van der Waals surface area contributed by atoms with Crippen molar-refractivity contribution in [2.75, 3.05) is 31.1 Å². The largest absolute Gasteiger partial charge is 0.372 e. The van der Waals surface area contributed by atoms with Gasteiger partial charge in [0.2, 0.25) is 5.95 Å². The van der Waals surface area contributed by atoms with Crippen LogP contribution in [0.3, 0.4) is 0 Å². The summed E-state index contributed by atoms with van der Waals surface area (Å²) in [5, 5.41) is 0. The van der Waals surface area contributed by atoms with E-state index in [1.807, 2.05) is 31.6 Å². The molecule has 0 N–H and O–H groups in total. The van der Waals surface area contributed by atoms with Crippen molar-refractivity contribution in [3.05, 3.63) is 48.0 Å². The second-order valence-corrected chi connectivity index (χ2v) is 6.69. The number of ether oxygens (including phenoxy) is 1. The van der Waals surface area contributed by atoms with Gasteiger partial charge in [-0.1, -0.05) is 6.07 Å². The predicted molar refractivity (Wildman–Crippen MR) is 91.8 cm³/mol. The van der Waals surface area contributed by atoms with E-state index in [1.165, 1.54) is 0 Å². The van der Waals surface area contributed by atoms with Gasteiger partial charge in [0, 0.05) is 57.0 Å². The van der Waals surface area contributed by atoms with Crippen molar-refractivity contribution >= 4 is 5.95 Å². The highest BCUT2D eigenvalue weighted by atomic mass is 16.5. The van der Waals surface area contributed by atoms with Crippen LogP contribution in [0.15, 0.2) is 36.9 Å². The van der Waals surface area contributed by atoms with Crippen LogP contribution in [-0.2, 0) is 11.3 Å². The van der Waals surface area contributed by atoms with E-state index in [0.29, 0.717) is 18.8 Å². The summed E-state index contributed by atoms with van der Waals surface area (Å²) in [6.45, 7) is 6.69. The summed E-state index contributed by atoms with van der Waals surface area (Å²) in [7, 11) is 0. The fraction of sp³-hybridized carbons (Fsp3) is 0.500. The highest BCUT2D eigenvalue weighted by Crippen LogP contribution is 2.26. The number of hydrogen-bond donors (Lipinski definition) is 0.